The van der Waals surface area contributed by atoms with Crippen molar-refractivity contribution in [2.75, 3.05) is 20.1 Å². The minimum absolute atomic E-state index is 0.00747. The number of rotatable bonds is 4. The van der Waals surface area contributed by atoms with Crippen molar-refractivity contribution in [3.05, 3.63) is 30.1 Å². The molecule has 3 heterocycles. The van der Waals surface area contributed by atoms with Gasteiger partial charge in [0.1, 0.15) is 29.9 Å². The van der Waals surface area contributed by atoms with Crippen molar-refractivity contribution in [2.24, 2.45) is 5.92 Å². The summed E-state index contributed by atoms with van der Waals surface area (Å²) in [5.74, 6) is -1.96. The number of amides is 5. The van der Waals surface area contributed by atoms with Crippen LogP contribution in [0.1, 0.15) is 69.3 Å². The van der Waals surface area contributed by atoms with Gasteiger partial charge in [-0.25, -0.2) is 0 Å². The summed E-state index contributed by atoms with van der Waals surface area (Å²) >= 11 is 0. The topological polar surface area (TPSA) is 165 Å². The molecule has 1 aromatic heterocycles. The number of nitrogens with one attached hydrogen (secondary N) is 3. The van der Waals surface area contributed by atoms with Crippen LogP contribution >= 0.6 is 0 Å². The standard InChI is InChI=1S/C28H39N7O5/c1-18(2)16-23-27(39)32-19(17-29)11-12-24(36)35-15-7-10-22(35)26(38)31-14-6-9-21(28(40)34(23)3)33-25(37)20-8-4-5-13-30-20/h4-5,8,13,18-19,21-23H,6-7,9-12,14-16H2,1-3H3,(H,31,38)(H,32,39)(H,33,37)/t19-,21-,22+,23-/m0/s1. The summed E-state index contributed by atoms with van der Waals surface area (Å²) in [6.07, 6.45) is 3.71. The summed E-state index contributed by atoms with van der Waals surface area (Å²) in [7, 11) is 1.50. The van der Waals surface area contributed by atoms with Crippen LogP contribution in [0.15, 0.2) is 24.4 Å². The maximum absolute atomic E-state index is 13.7. The van der Waals surface area contributed by atoms with Crippen LogP contribution in [0.2, 0.25) is 0 Å². The Labute approximate surface area is 234 Å². The van der Waals surface area contributed by atoms with Gasteiger partial charge < -0.3 is 25.8 Å². The van der Waals surface area contributed by atoms with Crippen LogP contribution < -0.4 is 16.0 Å². The summed E-state index contributed by atoms with van der Waals surface area (Å²) < 4.78 is 0. The second-order valence-corrected chi connectivity index (χ2v) is 10.7. The molecule has 0 aliphatic carbocycles. The molecule has 3 N–H and O–H groups in total. The van der Waals surface area contributed by atoms with Gasteiger partial charge in [-0.15, -0.1) is 0 Å². The second-order valence-electron chi connectivity index (χ2n) is 10.7. The van der Waals surface area contributed by atoms with Crippen LogP contribution in [0.3, 0.4) is 0 Å². The molecule has 12 heteroatoms. The first kappa shape index (κ1) is 30.5. The van der Waals surface area contributed by atoms with E-state index in [0.29, 0.717) is 32.2 Å². The molecule has 0 saturated carbocycles. The zero-order chi connectivity index (χ0) is 29.2. The van der Waals surface area contributed by atoms with Crippen LogP contribution in [-0.2, 0) is 19.2 Å². The SMILES string of the molecule is CC(C)C[C@H]1C(=O)N[C@H](C#N)CCC(=O)N2CCC[C@@H]2C(=O)NCCC[C@H](NC(=O)c2ccccn2)C(=O)N1C. The number of hydrogen-bond acceptors (Lipinski definition) is 7. The summed E-state index contributed by atoms with van der Waals surface area (Å²) in [6, 6.07) is 3.50. The Morgan fingerprint density at radius 2 is 1.93 bits per heavy atom. The lowest BCUT2D eigenvalue weighted by molar-refractivity contribution is -0.141. The lowest BCUT2D eigenvalue weighted by Gasteiger charge is -2.32. The fourth-order valence-corrected chi connectivity index (χ4v) is 5.10. The normalized spacial score (nSPS) is 25.5. The molecule has 4 atom stereocenters. The Morgan fingerprint density at radius 1 is 1.15 bits per heavy atom. The molecule has 3 rings (SSSR count). The largest absolute Gasteiger partial charge is 0.354 e. The number of carbonyl (C=O) groups is 5. The van der Waals surface area contributed by atoms with Crippen LogP contribution in [-0.4, -0.2) is 88.6 Å². The zero-order valence-electron chi connectivity index (χ0n) is 23.4. The number of pyridine rings is 1. The molecule has 0 radical (unpaired) electrons. The molecule has 2 fully saturated rings. The van der Waals surface area contributed by atoms with Gasteiger partial charge in [-0.2, -0.15) is 5.26 Å². The third-order valence-electron chi connectivity index (χ3n) is 7.28. The quantitative estimate of drug-likeness (QED) is 0.495. The van der Waals surface area contributed by atoms with Gasteiger partial charge in [0, 0.05) is 32.8 Å². The fourth-order valence-electron chi connectivity index (χ4n) is 5.10. The van der Waals surface area contributed by atoms with Gasteiger partial charge in [0.15, 0.2) is 0 Å². The van der Waals surface area contributed by atoms with Gasteiger partial charge >= 0.3 is 0 Å². The smallest absolute Gasteiger partial charge is 0.270 e. The molecule has 0 aromatic carbocycles. The fraction of sp³-hybridized carbons (Fsp3) is 0.607. The van der Waals surface area contributed by atoms with E-state index in [-0.39, 0.29) is 49.2 Å². The predicted octanol–water partition coefficient (Wildman–Crippen LogP) is 0.743. The van der Waals surface area contributed by atoms with Crippen LogP contribution in [0, 0.1) is 17.2 Å². The number of nitriles is 1. The van der Waals surface area contributed by atoms with E-state index in [1.807, 2.05) is 19.9 Å². The van der Waals surface area contributed by atoms with E-state index in [4.69, 9.17) is 0 Å². The van der Waals surface area contributed by atoms with Gasteiger partial charge in [-0.3, -0.25) is 29.0 Å². The van der Waals surface area contributed by atoms with Crippen molar-refractivity contribution in [1.82, 2.24) is 30.7 Å². The third kappa shape index (κ3) is 8.00. The summed E-state index contributed by atoms with van der Waals surface area (Å²) in [5, 5.41) is 18.0. The molecule has 216 valence electrons. The van der Waals surface area contributed by atoms with Gasteiger partial charge in [-0.05, 0) is 56.6 Å². The predicted molar refractivity (Wildman–Crippen MR) is 145 cm³/mol. The number of likely N-dealkylation sites (N-methyl/N-ethyl adjacent to an activating group) is 1. The van der Waals surface area contributed by atoms with Crippen molar-refractivity contribution < 1.29 is 24.0 Å². The average Bonchev–Trinajstić information content (AvgIpc) is 3.44. The molecule has 1 aromatic rings. The molecule has 2 aliphatic rings. The van der Waals surface area contributed by atoms with Gasteiger partial charge in [-0.1, -0.05) is 19.9 Å². The Morgan fingerprint density at radius 3 is 2.60 bits per heavy atom. The molecular weight excluding hydrogens is 514 g/mol. The van der Waals surface area contributed by atoms with E-state index >= 15 is 0 Å². The van der Waals surface area contributed by atoms with Gasteiger partial charge in [0.25, 0.3) is 5.91 Å². The Hall–Kier alpha value is -4.01. The van der Waals surface area contributed by atoms with Crippen molar-refractivity contribution in [1.29, 1.82) is 5.26 Å². The lowest BCUT2D eigenvalue weighted by atomic mass is 9.99. The molecule has 40 heavy (non-hydrogen) atoms. The summed E-state index contributed by atoms with van der Waals surface area (Å²) in [4.78, 5) is 72.7. The minimum atomic E-state index is -0.981. The highest BCUT2D eigenvalue weighted by Crippen LogP contribution is 2.20. The van der Waals surface area contributed by atoms with Crippen molar-refractivity contribution in [3.8, 4) is 6.07 Å². The van der Waals surface area contributed by atoms with E-state index in [9.17, 15) is 29.2 Å². The van der Waals surface area contributed by atoms with Crippen molar-refractivity contribution >= 4 is 29.5 Å². The van der Waals surface area contributed by atoms with Crippen LogP contribution in [0.5, 0.6) is 0 Å². The summed E-state index contributed by atoms with van der Waals surface area (Å²) in [6.45, 7) is 4.54. The first-order valence-corrected chi connectivity index (χ1v) is 13.9. The van der Waals surface area contributed by atoms with Crippen molar-refractivity contribution in [3.63, 3.8) is 0 Å². The van der Waals surface area contributed by atoms with E-state index in [2.05, 4.69) is 20.9 Å². The van der Waals surface area contributed by atoms with Gasteiger partial charge in [0.2, 0.25) is 23.6 Å². The molecular formula is C28H39N7O5. The molecule has 5 amide bonds. The Kier molecular flexibility index (Phi) is 11.0. The monoisotopic (exact) mass is 553 g/mol. The average molecular weight is 554 g/mol. The number of nitrogens with zero attached hydrogens (tertiary/aromatic N) is 4. The third-order valence-corrected chi connectivity index (χ3v) is 7.28. The molecule has 2 saturated heterocycles. The lowest BCUT2D eigenvalue weighted by Crippen LogP contribution is -2.55. The highest BCUT2D eigenvalue weighted by Gasteiger charge is 2.36. The molecule has 0 spiro atoms. The van der Waals surface area contributed by atoms with Crippen LogP contribution in [0.25, 0.3) is 0 Å². The number of carbonyl (C=O) groups excluding carboxylic acids is 5. The first-order valence-electron chi connectivity index (χ1n) is 13.9. The van der Waals surface area contributed by atoms with Gasteiger partial charge in [0.05, 0.1) is 6.07 Å². The van der Waals surface area contributed by atoms with E-state index < -0.39 is 41.9 Å². The number of fused-ring (bicyclic) bond motifs is 1. The number of aromatic nitrogens is 1. The zero-order valence-corrected chi connectivity index (χ0v) is 23.4. The van der Waals surface area contributed by atoms with Crippen molar-refractivity contribution in [2.45, 2.75) is 83.0 Å². The highest BCUT2D eigenvalue weighted by atomic mass is 16.2. The maximum Gasteiger partial charge on any atom is 0.270 e. The maximum atomic E-state index is 13.7. The molecule has 2 aliphatic heterocycles. The minimum Gasteiger partial charge on any atom is -0.354 e. The second kappa shape index (κ2) is 14.4. The van der Waals surface area contributed by atoms with Crippen LogP contribution in [0.4, 0.5) is 0 Å². The summed E-state index contributed by atoms with van der Waals surface area (Å²) in [5.41, 5.74) is 0.147. The number of hydrogen-bond donors (Lipinski definition) is 3. The first-order chi connectivity index (χ1) is 19.1. The Balaban J connectivity index is 1.88. The van der Waals surface area contributed by atoms with E-state index in [1.54, 1.807) is 17.0 Å². The highest BCUT2D eigenvalue weighted by molar-refractivity contribution is 5.97. The molecule has 0 bridgehead atoms. The Bertz CT molecular complexity index is 1120. The van der Waals surface area contributed by atoms with E-state index in [0.717, 1.165) is 0 Å². The molecule has 12 nitrogen and oxygen atoms in total. The molecule has 0 unspecified atom stereocenters. The van der Waals surface area contributed by atoms with E-state index in [1.165, 1.54) is 24.2 Å².